The van der Waals surface area contributed by atoms with E-state index in [0.717, 1.165) is 65.1 Å². The van der Waals surface area contributed by atoms with Crippen molar-refractivity contribution in [3.05, 3.63) is 70.1 Å². The Morgan fingerprint density at radius 1 is 1.03 bits per heavy atom. The molecule has 150 valence electrons. The van der Waals surface area contributed by atoms with Crippen molar-refractivity contribution in [2.45, 2.75) is 50.6 Å². The van der Waals surface area contributed by atoms with Crippen molar-refractivity contribution < 1.29 is 0 Å². The van der Waals surface area contributed by atoms with Gasteiger partial charge in [0.05, 0.1) is 16.9 Å². The minimum Gasteiger partial charge on any atom is -0.313 e. The second kappa shape index (κ2) is 8.23. The Hall–Kier alpha value is -2.27. The molecule has 1 aliphatic carbocycles. The van der Waals surface area contributed by atoms with Gasteiger partial charge in [0.2, 0.25) is 0 Å². The Morgan fingerprint density at radius 2 is 1.76 bits per heavy atom. The van der Waals surface area contributed by atoms with Crippen LogP contribution in [0, 0.1) is 0 Å². The molecule has 0 bridgehead atoms. The minimum atomic E-state index is -0.550. The fourth-order valence-electron chi connectivity index (χ4n) is 4.00. The number of nitrogens with two attached hydrogens (primary N) is 2. The fourth-order valence-corrected chi connectivity index (χ4v) is 4.12. The van der Waals surface area contributed by atoms with Crippen molar-refractivity contribution in [3.8, 4) is 0 Å². The van der Waals surface area contributed by atoms with Crippen LogP contribution in [0.15, 0.2) is 42.5 Å². The van der Waals surface area contributed by atoms with Gasteiger partial charge in [-0.1, -0.05) is 42.8 Å². The molecule has 1 heterocycles. The van der Waals surface area contributed by atoms with Gasteiger partial charge in [0.25, 0.3) is 0 Å². The van der Waals surface area contributed by atoms with Gasteiger partial charge in [-0.05, 0) is 73.6 Å². The highest BCUT2D eigenvalue weighted by molar-refractivity contribution is 6.30. The van der Waals surface area contributed by atoms with Crippen LogP contribution in [-0.4, -0.2) is 15.6 Å². The fraction of sp³-hybridized carbons (Fsp3) is 0.333. The van der Waals surface area contributed by atoms with E-state index < -0.39 is 5.66 Å². The summed E-state index contributed by atoms with van der Waals surface area (Å²) < 4.78 is 0. The number of halogens is 1. The van der Waals surface area contributed by atoms with Gasteiger partial charge in [-0.2, -0.15) is 0 Å². The molecule has 1 saturated carbocycles. The number of aryl methyl sites for hydroxylation is 1. The topological polar surface area (TPSA) is 77.8 Å². The van der Waals surface area contributed by atoms with E-state index in [1.165, 1.54) is 5.56 Å². The molecule has 1 aromatic heterocycles. The maximum absolute atomic E-state index is 6.15. The molecule has 5 heteroatoms. The van der Waals surface area contributed by atoms with Crippen LogP contribution >= 0.6 is 11.6 Å². The summed E-state index contributed by atoms with van der Waals surface area (Å²) in [5, 5.41) is 1.88. The predicted octanol–water partition coefficient (Wildman–Crippen LogP) is 5.29. The number of rotatable bonds is 4. The van der Waals surface area contributed by atoms with Gasteiger partial charge < -0.3 is 11.5 Å². The Morgan fingerprint density at radius 3 is 2.45 bits per heavy atom. The number of nitrogens with zero attached hydrogens (tertiary/aromatic N) is 2. The highest BCUT2D eigenvalue weighted by Gasteiger charge is 2.30. The lowest BCUT2D eigenvalue weighted by molar-refractivity contribution is 0.279. The summed E-state index contributed by atoms with van der Waals surface area (Å²) in [5.41, 5.74) is 16.2. The van der Waals surface area contributed by atoms with Crippen LogP contribution in [0.1, 0.15) is 61.2 Å². The summed E-state index contributed by atoms with van der Waals surface area (Å²) in [4.78, 5) is 9.77. The lowest BCUT2D eigenvalue weighted by Gasteiger charge is -2.34. The number of hydrogen-bond acceptors (Lipinski definition) is 4. The number of hydrogen-bond donors (Lipinski definition) is 2. The summed E-state index contributed by atoms with van der Waals surface area (Å²) in [6.45, 7) is 2.17. The SMILES string of the molecule is CCc1ccc2nc(C=Cc3ccc(Cl)cc3)nc(C3CCC(N)(N)CC3)c2c1. The van der Waals surface area contributed by atoms with Crippen molar-refractivity contribution >= 4 is 34.7 Å². The average molecular weight is 407 g/mol. The van der Waals surface area contributed by atoms with Crippen LogP contribution in [0.3, 0.4) is 0 Å². The summed E-state index contributed by atoms with van der Waals surface area (Å²) >= 11 is 5.98. The Balaban J connectivity index is 1.73. The largest absolute Gasteiger partial charge is 0.313 e. The summed E-state index contributed by atoms with van der Waals surface area (Å²) in [5.74, 6) is 1.08. The molecule has 0 spiro atoms. The highest BCUT2D eigenvalue weighted by atomic mass is 35.5. The minimum absolute atomic E-state index is 0.357. The van der Waals surface area contributed by atoms with E-state index in [2.05, 4.69) is 25.1 Å². The zero-order valence-electron chi connectivity index (χ0n) is 16.7. The van der Waals surface area contributed by atoms with E-state index in [0.29, 0.717) is 5.92 Å². The van der Waals surface area contributed by atoms with Crippen molar-refractivity contribution in [1.82, 2.24) is 9.97 Å². The van der Waals surface area contributed by atoms with E-state index in [1.807, 2.05) is 36.4 Å². The van der Waals surface area contributed by atoms with Crippen LogP contribution in [-0.2, 0) is 6.42 Å². The predicted molar refractivity (Wildman–Crippen MR) is 122 cm³/mol. The van der Waals surface area contributed by atoms with Gasteiger partial charge in [0.15, 0.2) is 5.82 Å². The Bertz CT molecular complexity index is 1030. The summed E-state index contributed by atoms with van der Waals surface area (Å²) in [7, 11) is 0. The van der Waals surface area contributed by atoms with E-state index in [9.17, 15) is 0 Å². The molecule has 0 saturated heterocycles. The average Bonchev–Trinajstić information content (AvgIpc) is 2.72. The molecule has 4 rings (SSSR count). The van der Waals surface area contributed by atoms with Gasteiger partial charge in [-0.25, -0.2) is 9.97 Å². The maximum Gasteiger partial charge on any atom is 0.152 e. The van der Waals surface area contributed by atoms with Crippen molar-refractivity contribution in [2.75, 3.05) is 0 Å². The van der Waals surface area contributed by atoms with E-state index in [1.54, 1.807) is 0 Å². The summed E-state index contributed by atoms with van der Waals surface area (Å²) in [6, 6.07) is 14.2. The highest BCUT2D eigenvalue weighted by Crippen LogP contribution is 2.37. The van der Waals surface area contributed by atoms with Crippen LogP contribution in [0.4, 0.5) is 0 Å². The zero-order valence-corrected chi connectivity index (χ0v) is 17.5. The number of benzene rings is 2. The van der Waals surface area contributed by atoms with Gasteiger partial charge >= 0.3 is 0 Å². The molecule has 0 radical (unpaired) electrons. The molecule has 3 aromatic rings. The molecule has 4 N–H and O–H groups in total. The molecule has 4 nitrogen and oxygen atoms in total. The lowest BCUT2D eigenvalue weighted by atomic mass is 9.80. The third-order valence-corrected chi connectivity index (χ3v) is 6.07. The van der Waals surface area contributed by atoms with Crippen molar-refractivity contribution in [1.29, 1.82) is 0 Å². The maximum atomic E-state index is 6.15. The molecular formula is C24H27ClN4. The van der Waals surface area contributed by atoms with Gasteiger partial charge in [-0.15, -0.1) is 0 Å². The smallest absolute Gasteiger partial charge is 0.152 e. The van der Waals surface area contributed by atoms with Crippen LogP contribution in [0.5, 0.6) is 0 Å². The van der Waals surface area contributed by atoms with Crippen LogP contribution < -0.4 is 11.5 Å². The number of fused-ring (bicyclic) bond motifs is 1. The summed E-state index contributed by atoms with van der Waals surface area (Å²) in [6.07, 6.45) is 8.52. The Labute approximate surface area is 177 Å². The molecule has 0 unspecified atom stereocenters. The van der Waals surface area contributed by atoms with Crippen molar-refractivity contribution in [2.24, 2.45) is 11.5 Å². The Kier molecular flexibility index (Phi) is 5.68. The molecule has 1 fully saturated rings. The first-order chi connectivity index (χ1) is 13.9. The van der Waals surface area contributed by atoms with Crippen molar-refractivity contribution in [3.63, 3.8) is 0 Å². The molecule has 0 atom stereocenters. The van der Waals surface area contributed by atoms with Crippen LogP contribution in [0.2, 0.25) is 5.02 Å². The molecule has 0 aliphatic heterocycles. The first-order valence-electron chi connectivity index (χ1n) is 10.3. The second-order valence-electron chi connectivity index (χ2n) is 8.06. The van der Waals surface area contributed by atoms with E-state index in [-0.39, 0.29) is 0 Å². The normalized spacial score (nSPS) is 17.2. The third-order valence-electron chi connectivity index (χ3n) is 5.81. The molecule has 1 aliphatic rings. The molecule has 29 heavy (non-hydrogen) atoms. The first-order valence-corrected chi connectivity index (χ1v) is 10.6. The molecule has 2 aromatic carbocycles. The first kappa shape index (κ1) is 20.0. The van der Waals surface area contributed by atoms with E-state index in [4.69, 9.17) is 33.0 Å². The second-order valence-corrected chi connectivity index (χ2v) is 8.50. The molecule has 0 amide bonds. The monoisotopic (exact) mass is 406 g/mol. The zero-order chi connectivity index (χ0) is 20.4. The van der Waals surface area contributed by atoms with Crippen LogP contribution in [0.25, 0.3) is 23.1 Å². The third kappa shape index (κ3) is 4.67. The molecular weight excluding hydrogens is 380 g/mol. The lowest BCUT2D eigenvalue weighted by Crippen LogP contribution is -2.51. The standard InChI is InChI=1S/C24H27ClN4/c1-2-16-5-9-21-20(15-16)23(18-11-13-24(26,27)14-12-18)29-22(28-21)10-6-17-3-7-19(25)8-4-17/h3-10,15,18H,2,11-14,26-27H2,1H3. The number of aromatic nitrogens is 2. The van der Waals surface area contributed by atoms with E-state index >= 15 is 0 Å². The van der Waals surface area contributed by atoms with Gasteiger partial charge in [0, 0.05) is 16.3 Å². The van der Waals surface area contributed by atoms with Gasteiger partial charge in [0.1, 0.15) is 0 Å². The quantitative estimate of drug-likeness (QED) is 0.577. The van der Waals surface area contributed by atoms with Gasteiger partial charge in [-0.3, -0.25) is 0 Å².